The number of nitro groups is 1. The van der Waals surface area contributed by atoms with Crippen molar-refractivity contribution in [3.05, 3.63) is 106 Å². The van der Waals surface area contributed by atoms with Crippen LogP contribution >= 0.6 is 0 Å². The molecule has 1 spiro atoms. The topological polar surface area (TPSA) is 169 Å². The molecule has 2 N–H and O–H groups in total. The van der Waals surface area contributed by atoms with E-state index in [4.69, 9.17) is 14.2 Å². The second-order valence-electron chi connectivity index (χ2n) is 17.7. The molecule has 1 aliphatic carbocycles. The quantitative estimate of drug-likeness (QED) is 0.119. The van der Waals surface area contributed by atoms with Crippen molar-refractivity contribution < 1.29 is 32.3 Å². The standard InChI is InChI=1S/C46H55N7O8S/c1-31(2)61-42-8-4-3-7-38(42)41-29-51(35-6-5-17-47-28-35)20-21-52(41)36-26-46(27-36)15-18-50(19-16-46)34-11-9-33(10-12-34)45(54)49-62(57,58)37-24-40(53(55)56)44-43(25-37)60-30-39(48-44)32-13-22-59-23-14-32/h3-12,17,24-25,28,31-32,36,39,41,48H,13-16,18-23,26-27,29-30H2,1-2H3,(H,49,54)/t39-,41-/m0/s1. The third-order valence-corrected chi connectivity index (χ3v) is 14.9. The van der Waals surface area contributed by atoms with Gasteiger partial charge in [-0.1, -0.05) is 18.2 Å². The van der Waals surface area contributed by atoms with Crippen LogP contribution < -0.4 is 29.3 Å². The third-order valence-electron chi connectivity index (χ3n) is 13.6. The maximum atomic E-state index is 13.5. The molecule has 62 heavy (non-hydrogen) atoms. The number of anilines is 3. The summed E-state index contributed by atoms with van der Waals surface area (Å²) in [5.41, 5.74) is 3.50. The average Bonchev–Trinajstić information content (AvgIpc) is 3.28. The monoisotopic (exact) mass is 865 g/mol. The van der Waals surface area contributed by atoms with Crippen molar-refractivity contribution in [2.45, 2.75) is 81.5 Å². The zero-order chi connectivity index (χ0) is 43.0. The molecule has 0 unspecified atom stereocenters. The summed E-state index contributed by atoms with van der Waals surface area (Å²) in [5, 5.41) is 15.3. The van der Waals surface area contributed by atoms with Crippen molar-refractivity contribution in [3.63, 3.8) is 0 Å². The van der Waals surface area contributed by atoms with Crippen LogP contribution in [0, 0.1) is 21.4 Å². The minimum absolute atomic E-state index is 0.0576. The smallest absolute Gasteiger partial charge is 0.297 e. The molecule has 2 atom stereocenters. The Hall–Kier alpha value is -5.45. The first-order chi connectivity index (χ1) is 29.9. The first kappa shape index (κ1) is 41.9. The summed E-state index contributed by atoms with van der Waals surface area (Å²) in [6, 6.07) is 22.3. The number of carbonyl (C=O) groups excluding carboxylic acids is 1. The molecule has 5 heterocycles. The van der Waals surface area contributed by atoms with Gasteiger partial charge in [-0.3, -0.25) is 24.8 Å². The van der Waals surface area contributed by atoms with E-state index in [0.29, 0.717) is 19.3 Å². The van der Waals surface area contributed by atoms with E-state index < -0.39 is 31.4 Å². The van der Waals surface area contributed by atoms with Gasteiger partial charge in [-0.25, -0.2) is 13.1 Å². The number of rotatable bonds is 11. The molecule has 1 amide bonds. The highest BCUT2D eigenvalue weighted by Gasteiger charge is 2.50. The van der Waals surface area contributed by atoms with Crippen LogP contribution in [0.3, 0.4) is 0 Å². The molecule has 9 rings (SSSR count). The van der Waals surface area contributed by atoms with Crippen LogP contribution in [0.1, 0.15) is 74.3 Å². The molecule has 15 nitrogen and oxygen atoms in total. The van der Waals surface area contributed by atoms with Crippen molar-refractivity contribution in [2.75, 3.05) is 67.7 Å². The molecule has 1 saturated carbocycles. The van der Waals surface area contributed by atoms with Crippen molar-refractivity contribution in [1.82, 2.24) is 14.6 Å². The fourth-order valence-corrected chi connectivity index (χ4v) is 11.2. The molecule has 3 saturated heterocycles. The number of amides is 1. The van der Waals surface area contributed by atoms with E-state index in [9.17, 15) is 23.3 Å². The predicted octanol–water partition coefficient (Wildman–Crippen LogP) is 6.81. The van der Waals surface area contributed by atoms with Crippen LogP contribution in [-0.4, -0.2) is 99.9 Å². The van der Waals surface area contributed by atoms with E-state index in [1.54, 1.807) is 12.1 Å². The fraction of sp³-hybridized carbons (Fsp3) is 0.478. The largest absolute Gasteiger partial charge is 0.491 e. The zero-order valence-corrected chi connectivity index (χ0v) is 36.1. The number of pyridine rings is 1. The highest BCUT2D eigenvalue weighted by Crippen LogP contribution is 2.53. The second-order valence-corrected chi connectivity index (χ2v) is 19.4. The van der Waals surface area contributed by atoms with E-state index in [1.165, 1.54) is 11.6 Å². The SMILES string of the molecule is CC(C)Oc1ccccc1[C@@H]1CN(c2cccnc2)CCN1C1CC2(CCN(c3ccc(C(=O)NS(=O)(=O)c4cc5c(c([N+](=O)[O-])c4)N[C@H](C4CCOCC4)CO5)cc3)CC2)C1. The van der Waals surface area contributed by atoms with Gasteiger partial charge in [0.25, 0.3) is 21.6 Å². The summed E-state index contributed by atoms with van der Waals surface area (Å²) in [6.07, 6.45) is 9.88. The van der Waals surface area contributed by atoms with Crippen LogP contribution in [-0.2, 0) is 14.8 Å². The summed E-state index contributed by atoms with van der Waals surface area (Å²) in [6.45, 7) is 10.1. The Labute approximate surface area is 362 Å². The normalized spacial score (nSPS) is 22.0. The molecular weight excluding hydrogens is 811 g/mol. The number of ether oxygens (including phenoxy) is 3. The van der Waals surface area contributed by atoms with E-state index >= 15 is 0 Å². The molecule has 3 aromatic carbocycles. The molecule has 5 aliphatic rings. The van der Waals surface area contributed by atoms with Gasteiger partial charge < -0.3 is 29.3 Å². The first-order valence-corrected chi connectivity index (χ1v) is 23.3. The zero-order valence-electron chi connectivity index (χ0n) is 35.3. The van der Waals surface area contributed by atoms with Gasteiger partial charge in [-0.15, -0.1) is 0 Å². The molecule has 0 radical (unpaired) electrons. The molecule has 0 bridgehead atoms. The van der Waals surface area contributed by atoms with Gasteiger partial charge >= 0.3 is 0 Å². The Kier molecular flexibility index (Phi) is 11.7. The molecule has 1 aromatic heterocycles. The molecule has 4 aromatic rings. The number of aromatic nitrogens is 1. The number of sulfonamides is 1. The van der Waals surface area contributed by atoms with Gasteiger partial charge in [0.05, 0.1) is 39.9 Å². The summed E-state index contributed by atoms with van der Waals surface area (Å²) in [4.78, 5) is 36.3. The summed E-state index contributed by atoms with van der Waals surface area (Å²) >= 11 is 0. The molecule has 328 valence electrons. The number of nitrogens with one attached hydrogen (secondary N) is 2. The number of benzene rings is 3. The van der Waals surface area contributed by atoms with Crippen LogP contribution in [0.25, 0.3) is 0 Å². The lowest BCUT2D eigenvalue weighted by Gasteiger charge is -2.58. The number of nitrogens with zero attached hydrogens (tertiary/aromatic N) is 5. The maximum Gasteiger partial charge on any atom is 0.297 e. The lowest BCUT2D eigenvalue weighted by atomic mass is 9.59. The molecular formula is C46H55N7O8S. The first-order valence-electron chi connectivity index (χ1n) is 21.8. The number of para-hydroxylation sites is 1. The number of piperidine rings is 1. The number of hydrogen-bond donors (Lipinski definition) is 2. The van der Waals surface area contributed by atoms with Crippen LogP contribution in [0.15, 0.2) is 90.1 Å². The number of carbonyl (C=O) groups is 1. The average molecular weight is 866 g/mol. The second kappa shape index (κ2) is 17.4. The summed E-state index contributed by atoms with van der Waals surface area (Å²) in [5.74, 6) is 0.387. The lowest BCUT2D eigenvalue weighted by Crippen LogP contribution is -2.60. The minimum Gasteiger partial charge on any atom is -0.491 e. The van der Waals surface area contributed by atoms with Crippen molar-refractivity contribution >= 4 is 38.7 Å². The Morgan fingerprint density at radius 2 is 1.73 bits per heavy atom. The van der Waals surface area contributed by atoms with Crippen molar-refractivity contribution in [2.24, 2.45) is 11.3 Å². The Morgan fingerprint density at radius 1 is 0.968 bits per heavy atom. The van der Waals surface area contributed by atoms with Crippen LogP contribution in [0.5, 0.6) is 11.5 Å². The van der Waals surface area contributed by atoms with Gasteiger partial charge in [-0.05, 0) is 106 Å². The van der Waals surface area contributed by atoms with Crippen molar-refractivity contribution in [1.29, 1.82) is 0 Å². The van der Waals surface area contributed by atoms with E-state index in [0.717, 1.165) is 94.4 Å². The Morgan fingerprint density at radius 3 is 2.44 bits per heavy atom. The number of hydrogen-bond acceptors (Lipinski definition) is 13. The van der Waals surface area contributed by atoms with Gasteiger partial charge in [0.1, 0.15) is 12.4 Å². The fourth-order valence-electron chi connectivity index (χ4n) is 10.2. The van der Waals surface area contributed by atoms with Crippen LogP contribution in [0.4, 0.5) is 22.7 Å². The number of piperazine rings is 1. The van der Waals surface area contributed by atoms with Gasteiger partial charge in [0, 0.05) is 87.1 Å². The molecule has 16 heteroatoms. The van der Waals surface area contributed by atoms with Crippen LogP contribution in [0.2, 0.25) is 0 Å². The summed E-state index contributed by atoms with van der Waals surface area (Å²) in [7, 11) is -4.48. The highest BCUT2D eigenvalue weighted by atomic mass is 32.2. The van der Waals surface area contributed by atoms with Gasteiger partial charge in [-0.2, -0.15) is 0 Å². The Bertz CT molecular complexity index is 2360. The highest BCUT2D eigenvalue weighted by molar-refractivity contribution is 7.90. The number of nitro benzene ring substituents is 1. The van der Waals surface area contributed by atoms with E-state index in [-0.39, 0.29) is 53.1 Å². The molecule has 4 aliphatic heterocycles. The lowest BCUT2D eigenvalue weighted by molar-refractivity contribution is -0.384. The van der Waals surface area contributed by atoms with E-state index in [1.807, 2.05) is 30.6 Å². The van der Waals surface area contributed by atoms with E-state index in [2.05, 4.69) is 73.9 Å². The van der Waals surface area contributed by atoms with Gasteiger partial charge in [0.2, 0.25) is 0 Å². The third kappa shape index (κ3) is 8.64. The summed E-state index contributed by atoms with van der Waals surface area (Å²) < 4.78 is 46.7. The Balaban J connectivity index is 0.818. The molecule has 4 fully saturated rings. The number of fused-ring (bicyclic) bond motifs is 1. The minimum atomic E-state index is -4.48. The van der Waals surface area contributed by atoms with Crippen molar-refractivity contribution in [3.8, 4) is 11.5 Å². The predicted molar refractivity (Wildman–Crippen MR) is 236 cm³/mol. The maximum absolute atomic E-state index is 13.5. The van der Waals surface area contributed by atoms with Gasteiger partial charge in [0.15, 0.2) is 11.4 Å².